The number of hydrogen-bond donors (Lipinski definition) is 2. The van der Waals surface area contributed by atoms with Crippen LogP contribution < -0.4 is 14.8 Å². The molecule has 0 spiro atoms. The number of ether oxygens (including phenoxy) is 2. The number of benzene rings is 1. The Morgan fingerprint density at radius 2 is 2.11 bits per heavy atom. The lowest BCUT2D eigenvalue weighted by atomic mass is 9.94. The number of amides is 1. The highest BCUT2D eigenvalue weighted by Gasteiger charge is 2.38. The van der Waals surface area contributed by atoms with Crippen molar-refractivity contribution >= 4 is 11.9 Å². The first-order valence-electron chi connectivity index (χ1n) is 5.57. The van der Waals surface area contributed by atoms with E-state index in [1.807, 2.05) is 0 Å². The van der Waals surface area contributed by atoms with Crippen LogP contribution in [0.2, 0.25) is 0 Å². The van der Waals surface area contributed by atoms with E-state index in [1.54, 1.807) is 18.2 Å². The Kier molecular flexibility index (Phi) is 2.36. The van der Waals surface area contributed by atoms with Gasteiger partial charge in [-0.25, -0.2) is 0 Å². The van der Waals surface area contributed by atoms with Crippen molar-refractivity contribution < 1.29 is 24.2 Å². The molecular formula is C12H11NO5. The fourth-order valence-corrected chi connectivity index (χ4v) is 2.30. The van der Waals surface area contributed by atoms with Gasteiger partial charge >= 0.3 is 5.97 Å². The Labute approximate surface area is 103 Å². The molecule has 1 amide bonds. The largest absolute Gasteiger partial charge is 0.481 e. The van der Waals surface area contributed by atoms with Crippen molar-refractivity contribution in [3.05, 3.63) is 23.8 Å². The third kappa shape index (κ3) is 1.66. The first-order chi connectivity index (χ1) is 8.65. The second-order valence-electron chi connectivity index (χ2n) is 4.31. The van der Waals surface area contributed by atoms with E-state index in [-0.39, 0.29) is 19.1 Å². The van der Waals surface area contributed by atoms with Crippen molar-refractivity contribution in [3.8, 4) is 11.5 Å². The highest BCUT2D eigenvalue weighted by Crippen LogP contribution is 2.37. The van der Waals surface area contributed by atoms with Gasteiger partial charge in [0.15, 0.2) is 11.5 Å². The second kappa shape index (κ2) is 3.90. The van der Waals surface area contributed by atoms with E-state index in [9.17, 15) is 9.59 Å². The summed E-state index contributed by atoms with van der Waals surface area (Å²) in [5.74, 6) is -0.744. The molecule has 6 heteroatoms. The number of carboxylic acids is 1. The molecule has 94 valence electrons. The molecule has 0 aromatic heterocycles. The Morgan fingerprint density at radius 1 is 1.33 bits per heavy atom. The maximum Gasteiger partial charge on any atom is 0.309 e. The van der Waals surface area contributed by atoms with E-state index in [4.69, 9.17) is 14.6 Å². The molecule has 2 atom stereocenters. The fraction of sp³-hybridized carbons (Fsp3) is 0.333. The Hall–Kier alpha value is -2.24. The molecule has 18 heavy (non-hydrogen) atoms. The zero-order valence-electron chi connectivity index (χ0n) is 9.38. The van der Waals surface area contributed by atoms with Gasteiger partial charge in [0, 0.05) is 6.42 Å². The zero-order chi connectivity index (χ0) is 12.7. The SMILES string of the molecule is O=C1C[C@H](C(=O)O)[C@H](c2ccc3c(c2)OCO3)N1. The first-order valence-corrected chi connectivity index (χ1v) is 5.57. The number of carboxylic acid groups (broad SMARTS) is 1. The Bertz CT molecular complexity index is 527. The average Bonchev–Trinajstić information content (AvgIpc) is 2.93. The van der Waals surface area contributed by atoms with E-state index in [1.165, 1.54) is 0 Å². The van der Waals surface area contributed by atoms with Crippen LogP contribution in [0.5, 0.6) is 11.5 Å². The lowest BCUT2D eigenvalue weighted by molar-refractivity contribution is -0.142. The molecule has 0 radical (unpaired) electrons. The van der Waals surface area contributed by atoms with Crippen LogP contribution in [0.3, 0.4) is 0 Å². The summed E-state index contributed by atoms with van der Waals surface area (Å²) in [5, 5.41) is 11.8. The van der Waals surface area contributed by atoms with Gasteiger partial charge in [-0.15, -0.1) is 0 Å². The predicted octanol–water partition coefficient (Wildman–Crippen LogP) is 0.677. The fourth-order valence-electron chi connectivity index (χ4n) is 2.30. The van der Waals surface area contributed by atoms with Gasteiger partial charge in [0.1, 0.15) is 0 Å². The lowest BCUT2D eigenvalue weighted by Crippen LogP contribution is -2.24. The maximum absolute atomic E-state index is 11.3. The first kappa shape index (κ1) is 10.9. The Morgan fingerprint density at radius 3 is 2.89 bits per heavy atom. The quantitative estimate of drug-likeness (QED) is 0.805. The number of fused-ring (bicyclic) bond motifs is 1. The predicted molar refractivity (Wildman–Crippen MR) is 59.2 cm³/mol. The molecule has 1 aromatic rings. The van der Waals surface area contributed by atoms with Crippen molar-refractivity contribution in [1.29, 1.82) is 0 Å². The molecule has 1 saturated heterocycles. The summed E-state index contributed by atoms with van der Waals surface area (Å²) in [6, 6.07) is 4.68. The highest BCUT2D eigenvalue weighted by molar-refractivity contribution is 5.87. The average molecular weight is 249 g/mol. The molecule has 2 aliphatic rings. The van der Waals surface area contributed by atoms with Crippen molar-refractivity contribution in [2.24, 2.45) is 5.92 Å². The number of aliphatic carboxylic acids is 1. The number of rotatable bonds is 2. The van der Waals surface area contributed by atoms with E-state index < -0.39 is 17.9 Å². The van der Waals surface area contributed by atoms with Gasteiger partial charge in [-0.2, -0.15) is 0 Å². The molecule has 6 nitrogen and oxygen atoms in total. The van der Waals surface area contributed by atoms with Gasteiger partial charge in [-0.05, 0) is 17.7 Å². The summed E-state index contributed by atoms with van der Waals surface area (Å²) in [4.78, 5) is 22.5. The van der Waals surface area contributed by atoms with E-state index >= 15 is 0 Å². The van der Waals surface area contributed by atoms with E-state index in [0.717, 1.165) is 5.56 Å². The van der Waals surface area contributed by atoms with E-state index in [0.29, 0.717) is 11.5 Å². The van der Waals surface area contributed by atoms with Crippen LogP contribution in [0.1, 0.15) is 18.0 Å². The molecule has 1 aromatic carbocycles. The van der Waals surface area contributed by atoms with Gasteiger partial charge in [-0.3, -0.25) is 9.59 Å². The topological polar surface area (TPSA) is 84.9 Å². The summed E-state index contributed by atoms with van der Waals surface area (Å²) < 4.78 is 10.4. The second-order valence-corrected chi connectivity index (χ2v) is 4.31. The number of carbonyl (C=O) groups is 2. The molecule has 2 N–H and O–H groups in total. The van der Waals surface area contributed by atoms with Crippen LogP contribution in [0.4, 0.5) is 0 Å². The number of carbonyl (C=O) groups excluding carboxylic acids is 1. The number of nitrogens with one attached hydrogen (secondary N) is 1. The molecule has 1 fully saturated rings. The van der Waals surface area contributed by atoms with Gasteiger partial charge in [0.25, 0.3) is 0 Å². The van der Waals surface area contributed by atoms with Gasteiger partial charge in [-0.1, -0.05) is 6.07 Å². The standard InChI is InChI=1S/C12H11NO5/c14-10-4-7(12(15)16)11(13-10)6-1-2-8-9(3-6)18-5-17-8/h1-3,7,11H,4-5H2,(H,13,14)(H,15,16)/t7-,11-/m0/s1. The smallest absolute Gasteiger partial charge is 0.309 e. The van der Waals surface area contributed by atoms with Gasteiger partial charge in [0.2, 0.25) is 12.7 Å². The molecule has 3 rings (SSSR count). The van der Waals surface area contributed by atoms with Crippen molar-refractivity contribution in [1.82, 2.24) is 5.32 Å². The zero-order valence-corrected chi connectivity index (χ0v) is 9.38. The minimum Gasteiger partial charge on any atom is -0.481 e. The van der Waals surface area contributed by atoms with E-state index in [2.05, 4.69) is 5.32 Å². The highest BCUT2D eigenvalue weighted by atomic mass is 16.7. The molecule has 2 heterocycles. The molecule has 0 aliphatic carbocycles. The number of hydrogen-bond acceptors (Lipinski definition) is 4. The van der Waals surface area contributed by atoms with Crippen LogP contribution in [-0.4, -0.2) is 23.8 Å². The molecule has 2 aliphatic heterocycles. The minimum absolute atomic E-state index is 0.00837. The molecule has 0 unspecified atom stereocenters. The summed E-state index contributed by atoms with van der Waals surface area (Å²) in [7, 11) is 0. The summed E-state index contributed by atoms with van der Waals surface area (Å²) >= 11 is 0. The monoisotopic (exact) mass is 249 g/mol. The third-order valence-corrected chi connectivity index (χ3v) is 3.20. The van der Waals surface area contributed by atoms with Gasteiger partial charge in [0.05, 0.1) is 12.0 Å². The maximum atomic E-state index is 11.3. The molecular weight excluding hydrogens is 238 g/mol. The third-order valence-electron chi connectivity index (χ3n) is 3.20. The minimum atomic E-state index is -0.976. The van der Waals surface area contributed by atoms with Crippen LogP contribution in [0.15, 0.2) is 18.2 Å². The van der Waals surface area contributed by atoms with Crippen molar-refractivity contribution in [3.63, 3.8) is 0 Å². The normalized spacial score (nSPS) is 25.0. The lowest BCUT2D eigenvalue weighted by Gasteiger charge is -2.16. The van der Waals surface area contributed by atoms with Crippen molar-refractivity contribution in [2.45, 2.75) is 12.5 Å². The van der Waals surface area contributed by atoms with Crippen LogP contribution in [0, 0.1) is 5.92 Å². The summed E-state index contributed by atoms with van der Waals surface area (Å²) in [6.45, 7) is 0.165. The van der Waals surface area contributed by atoms with Crippen LogP contribution >= 0.6 is 0 Å². The van der Waals surface area contributed by atoms with Crippen LogP contribution in [-0.2, 0) is 9.59 Å². The molecule has 0 bridgehead atoms. The van der Waals surface area contributed by atoms with Crippen LogP contribution in [0.25, 0.3) is 0 Å². The van der Waals surface area contributed by atoms with Gasteiger partial charge < -0.3 is 19.9 Å². The Balaban J connectivity index is 1.94. The summed E-state index contributed by atoms with van der Waals surface area (Å²) in [5.41, 5.74) is 0.720. The summed E-state index contributed by atoms with van der Waals surface area (Å²) in [6.07, 6.45) is 0.00837. The van der Waals surface area contributed by atoms with Crippen molar-refractivity contribution in [2.75, 3.05) is 6.79 Å². The molecule has 0 saturated carbocycles.